The first-order chi connectivity index (χ1) is 9.17. The van der Waals surface area contributed by atoms with Gasteiger partial charge in [-0.1, -0.05) is 0 Å². The van der Waals surface area contributed by atoms with Crippen molar-refractivity contribution in [3.05, 3.63) is 17.8 Å². The van der Waals surface area contributed by atoms with Crippen molar-refractivity contribution < 1.29 is 19.4 Å². The highest BCUT2D eigenvalue weighted by molar-refractivity contribution is 5.97. The van der Waals surface area contributed by atoms with Crippen LogP contribution in [0.1, 0.15) is 10.4 Å². The normalized spacial score (nSPS) is 19.3. The summed E-state index contributed by atoms with van der Waals surface area (Å²) in [6.45, 7) is 1.51. The number of hydrogen-bond donors (Lipinski definition) is 2. The van der Waals surface area contributed by atoms with E-state index in [-0.39, 0.29) is 18.4 Å². The number of hydrogen-bond acceptors (Lipinski definition) is 7. The number of esters is 1. The molecular formula is C12H17N3O4. The number of ether oxygens (including phenoxy) is 2. The Morgan fingerprint density at radius 1 is 1.74 bits per heavy atom. The summed E-state index contributed by atoms with van der Waals surface area (Å²) in [5.74, 6) is 0.0257. The van der Waals surface area contributed by atoms with Crippen LogP contribution in [0.25, 0.3) is 0 Å². The van der Waals surface area contributed by atoms with E-state index in [1.165, 1.54) is 19.4 Å². The number of aromatic nitrogens is 1. The van der Waals surface area contributed by atoms with Crippen LogP contribution in [0.15, 0.2) is 12.3 Å². The van der Waals surface area contributed by atoms with Crippen LogP contribution in [0, 0.1) is 0 Å². The minimum Gasteiger partial charge on any atom is -0.465 e. The molecule has 104 valence electrons. The van der Waals surface area contributed by atoms with Gasteiger partial charge in [-0.05, 0) is 6.07 Å². The summed E-state index contributed by atoms with van der Waals surface area (Å²) in [6, 6.07) is 1.52. The molecule has 7 nitrogen and oxygen atoms in total. The zero-order valence-corrected chi connectivity index (χ0v) is 10.7. The molecule has 19 heavy (non-hydrogen) atoms. The van der Waals surface area contributed by atoms with Gasteiger partial charge in [-0.25, -0.2) is 9.78 Å². The molecule has 1 aliphatic rings. The van der Waals surface area contributed by atoms with Gasteiger partial charge in [-0.2, -0.15) is 0 Å². The lowest BCUT2D eigenvalue weighted by molar-refractivity contribution is 0.00340. The van der Waals surface area contributed by atoms with Crippen molar-refractivity contribution >= 4 is 17.5 Å². The molecule has 1 fully saturated rings. The molecule has 1 aromatic heterocycles. The molecule has 1 aliphatic heterocycles. The molecule has 0 radical (unpaired) electrons. The van der Waals surface area contributed by atoms with Gasteiger partial charge in [0.25, 0.3) is 0 Å². The summed E-state index contributed by atoms with van der Waals surface area (Å²) in [5, 5.41) is 9.13. The van der Waals surface area contributed by atoms with Crippen LogP contribution in [0.4, 0.5) is 11.5 Å². The minimum atomic E-state index is -0.492. The number of carbonyl (C=O) groups is 1. The van der Waals surface area contributed by atoms with E-state index in [0.717, 1.165) is 0 Å². The molecule has 0 aliphatic carbocycles. The van der Waals surface area contributed by atoms with E-state index in [9.17, 15) is 4.79 Å². The molecule has 0 aromatic carbocycles. The fourth-order valence-corrected chi connectivity index (χ4v) is 2.02. The van der Waals surface area contributed by atoms with Crippen LogP contribution in [0.2, 0.25) is 0 Å². The van der Waals surface area contributed by atoms with E-state index in [4.69, 9.17) is 15.6 Å². The number of nitrogen functional groups attached to an aromatic ring is 1. The van der Waals surface area contributed by atoms with Gasteiger partial charge in [-0.15, -0.1) is 0 Å². The SMILES string of the molecule is COC(=O)c1ccnc(N2CCOC(CO)C2)c1N. The monoisotopic (exact) mass is 267 g/mol. The molecule has 0 saturated carbocycles. The largest absolute Gasteiger partial charge is 0.465 e. The van der Waals surface area contributed by atoms with E-state index in [2.05, 4.69) is 9.72 Å². The highest BCUT2D eigenvalue weighted by Crippen LogP contribution is 2.26. The summed E-state index contributed by atoms with van der Waals surface area (Å²) in [6.07, 6.45) is 1.25. The van der Waals surface area contributed by atoms with Crippen molar-refractivity contribution in [2.45, 2.75) is 6.10 Å². The number of aliphatic hydroxyl groups excluding tert-OH is 1. The van der Waals surface area contributed by atoms with Gasteiger partial charge < -0.3 is 25.2 Å². The first-order valence-electron chi connectivity index (χ1n) is 5.97. The van der Waals surface area contributed by atoms with Crippen molar-refractivity contribution in [2.75, 3.05) is 44.0 Å². The lowest BCUT2D eigenvalue weighted by Gasteiger charge is -2.33. The minimum absolute atomic E-state index is 0.0624. The molecule has 2 heterocycles. The van der Waals surface area contributed by atoms with Crippen molar-refractivity contribution in [3.8, 4) is 0 Å². The molecule has 2 rings (SSSR count). The summed E-state index contributed by atoms with van der Waals surface area (Å²) >= 11 is 0. The third kappa shape index (κ3) is 2.77. The average Bonchev–Trinajstić information content (AvgIpc) is 2.46. The van der Waals surface area contributed by atoms with Gasteiger partial charge in [0.15, 0.2) is 5.82 Å². The predicted molar refractivity (Wildman–Crippen MR) is 69.0 cm³/mol. The van der Waals surface area contributed by atoms with E-state index in [0.29, 0.717) is 31.1 Å². The maximum atomic E-state index is 11.6. The molecule has 1 saturated heterocycles. The number of nitrogens with two attached hydrogens (primary N) is 1. The summed E-state index contributed by atoms with van der Waals surface area (Å²) in [7, 11) is 1.30. The third-order valence-electron chi connectivity index (χ3n) is 3.02. The van der Waals surface area contributed by atoms with Crippen molar-refractivity contribution in [3.63, 3.8) is 0 Å². The smallest absolute Gasteiger partial charge is 0.340 e. The van der Waals surface area contributed by atoms with E-state index >= 15 is 0 Å². The van der Waals surface area contributed by atoms with Gasteiger partial charge in [0.1, 0.15) is 0 Å². The fourth-order valence-electron chi connectivity index (χ4n) is 2.02. The number of morpholine rings is 1. The van der Waals surface area contributed by atoms with E-state index < -0.39 is 5.97 Å². The summed E-state index contributed by atoms with van der Waals surface area (Å²) in [4.78, 5) is 17.7. The second-order valence-electron chi connectivity index (χ2n) is 4.21. The molecule has 7 heteroatoms. The lowest BCUT2D eigenvalue weighted by Crippen LogP contribution is -2.44. The fraction of sp³-hybridized carbons (Fsp3) is 0.500. The number of methoxy groups -OCH3 is 1. The quantitative estimate of drug-likeness (QED) is 0.722. The van der Waals surface area contributed by atoms with E-state index in [1.807, 2.05) is 4.90 Å². The lowest BCUT2D eigenvalue weighted by atomic mass is 10.2. The maximum Gasteiger partial charge on any atom is 0.340 e. The Balaban J connectivity index is 2.27. The van der Waals surface area contributed by atoms with Gasteiger partial charge >= 0.3 is 5.97 Å². The highest BCUT2D eigenvalue weighted by atomic mass is 16.5. The number of rotatable bonds is 3. The topological polar surface area (TPSA) is 97.9 Å². The zero-order chi connectivity index (χ0) is 13.8. The molecule has 3 N–H and O–H groups in total. The Morgan fingerprint density at radius 3 is 3.21 bits per heavy atom. The molecule has 0 spiro atoms. The summed E-state index contributed by atoms with van der Waals surface area (Å²) in [5.41, 5.74) is 6.55. The Bertz CT molecular complexity index is 466. The predicted octanol–water partition coefficient (Wildman–Crippen LogP) is -0.352. The van der Waals surface area contributed by atoms with Gasteiger partial charge in [0, 0.05) is 19.3 Å². The second kappa shape index (κ2) is 5.85. The first kappa shape index (κ1) is 13.6. The Hall–Kier alpha value is -1.86. The maximum absolute atomic E-state index is 11.6. The number of aliphatic hydroxyl groups is 1. The van der Waals surface area contributed by atoms with E-state index in [1.54, 1.807) is 0 Å². The van der Waals surface area contributed by atoms with Crippen molar-refractivity contribution in [1.82, 2.24) is 4.98 Å². The third-order valence-corrected chi connectivity index (χ3v) is 3.02. The first-order valence-corrected chi connectivity index (χ1v) is 5.97. The number of anilines is 2. The van der Waals surface area contributed by atoms with Crippen LogP contribution in [-0.4, -0.2) is 55.6 Å². The molecule has 1 atom stereocenters. The summed E-state index contributed by atoms with van der Waals surface area (Å²) < 4.78 is 10.0. The molecule has 1 aromatic rings. The molecular weight excluding hydrogens is 250 g/mol. The molecule has 1 unspecified atom stereocenters. The standard InChI is InChI=1S/C12H17N3O4/c1-18-12(17)9-2-3-14-11(10(9)13)15-4-5-19-8(6-15)7-16/h2-3,8,16H,4-7,13H2,1H3. The second-order valence-corrected chi connectivity index (χ2v) is 4.21. The van der Waals surface area contributed by atoms with Crippen molar-refractivity contribution in [2.24, 2.45) is 0 Å². The van der Waals surface area contributed by atoms with Gasteiger partial charge in [0.2, 0.25) is 0 Å². The average molecular weight is 267 g/mol. The number of nitrogens with zero attached hydrogens (tertiary/aromatic N) is 2. The molecule has 0 amide bonds. The van der Waals surface area contributed by atoms with Crippen LogP contribution in [0.3, 0.4) is 0 Å². The van der Waals surface area contributed by atoms with Crippen LogP contribution < -0.4 is 10.6 Å². The van der Waals surface area contributed by atoms with Crippen LogP contribution in [0.5, 0.6) is 0 Å². The highest BCUT2D eigenvalue weighted by Gasteiger charge is 2.24. The Labute approximate surface area is 110 Å². The van der Waals surface area contributed by atoms with Crippen LogP contribution >= 0.6 is 0 Å². The van der Waals surface area contributed by atoms with Gasteiger partial charge in [0.05, 0.1) is 37.7 Å². The van der Waals surface area contributed by atoms with Crippen LogP contribution in [-0.2, 0) is 9.47 Å². The number of carbonyl (C=O) groups excluding carboxylic acids is 1. The Morgan fingerprint density at radius 2 is 2.53 bits per heavy atom. The number of pyridine rings is 1. The van der Waals surface area contributed by atoms with Gasteiger partial charge in [-0.3, -0.25) is 0 Å². The van der Waals surface area contributed by atoms with Crippen molar-refractivity contribution in [1.29, 1.82) is 0 Å². The molecule has 0 bridgehead atoms. The Kier molecular flexibility index (Phi) is 4.18. The zero-order valence-electron chi connectivity index (χ0n) is 10.7.